The summed E-state index contributed by atoms with van der Waals surface area (Å²) in [7, 11) is -3.09. The van der Waals surface area contributed by atoms with E-state index < -0.39 is 15.5 Å². The van der Waals surface area contributed by atoms with Crippen LogP contribution in [-0.4, -0.2) is 49.9 Å². The van der Waals surface area contributed by atoms with E-state index >= 15 is 0 Å². The summed E-state index contributed by atoms with van der Waals surface area (Å²) in [6.45, 7) is 6.22. The molecule has 1 atom stereocenters. The third-order valence-electron chi connectivity index (χ3n) is 5.08. The van der Waals surface area contributed by atoms with Gasteiger partial charge in [0.2, 0.25) is 0 Å². The Kier molecular flexibility index (Phi) is 6.31. The van der Waals surface area contributed by atoms with Gasteiger partial charge >= 0.3 is 5.63 Å². The highest BCUT2D eigenvalue weighted by Crippen LogP contribution is 2.24. The maximum atomic E-state index is 12.8. The Labute approximate surface area is 170 Å². The van der Waals surface area contributed by atoms with Crippen molar-refractivity contribution >= 4 is 26.7 Å². The molecule has 1 aromatic carbocycles. The van der Waals surface area contributed by atoms with Gasteiger partial charge in [-0.2, -0.15) is 0 Å². The van der Waals surface area contributed by atoms with Crippen LogP contribution in [0.25, 0.3) is 11.0 Å². The second-order valence-electron chi connectivity index (χ2n) is 7.89. The number of sulfone groups is 1. The lowest BCUT2D eigenvalue weighted by molar-refractivity contribution is -0.135. The van der Waals surface area contributed by atoms with Gasteiger partial charge in [-0.15, -0.1) is 0 Å². The zero-order chi connectivity index (χ0) is 21.2. The summed E-state index contributed by atoms with van der Waals surface area (Å²) in [6.07, 6.45) is 1.16. The number of carbonyl (C=O) groups is 1. The first kappa shape index (κ1) is 21.4. The first-order valence-corrected chi connectivity index (χ1v) is 11.7. The standard InChI is InChI=1S/C21H27NO6S/c1-4-15-9-21(24)28-19-10-17(5-6-18(15)19)27-12-20(23)22(11-14(2)3)16-7-8-29(25,26)13-16/h5-6,9-10,14,16H,4,7-8,11-13H2,1-3H3/t16-/m0/s1. The molecule has 1 amide bonds. The Balaban J connectivity index is 1.74. The van der Waals surface area contributed by atoms with Gasteiger partial charge in [0.05, 0.1) is 11.5 Å². The Hall–Kier alpha value is -2.35. The SMILES string of the molecule is CCc1cc(=O)oc2cc(OCC(=O)N(CC(C)C)[C@H]3CCS(=O)(=O)C3)ccc12. The first-order valence-electron chi connectivity index (χ1n) is 9.88. The molecule has 1 aliphatic rings. The highest BCUT2D eigenvalue weighted by Gasteiger charge is 2.35. The third kappa shape index (κ3) is 5.18. The molecule has 0 spiro atoms. The molecule has 0 aliphatic carbocycles. The molecular weight excluding hydrogens is 394 g/mol. The maximum absolute atomic E-state index is 12.8. The molecule has 29 heavy (non-hydrogen) atoms. The molecule has 2 aromatic rings. The lowest BCUT2D eigenvalue weighted by atomic mass is 10.1. The molecule has 3 rings (SSSR count). The van der Waals surface area contributed by atoms with Crippen molar-refractivity contribution in [2.24, 2.45) is 5.92 Å². The number of carbonyl (C=O) groups excluding carboxylic acids is 1. The quantitative estimate of drug-likeness (QED) is 0.637. The first-order chi connectivity index (χ1) is 13.7. The van der Waals surface area contributed by atoms with E-state index in [0.717, 1.165) is 10.9 Å². The average molecular weight is 422 g/mol. The number of ether oxygens (including phenoxy) is 1. The maximum Gasteiger partial charge on any atom is 0.336 e. The minimum absolute atomic E-state index is 0.00634. The number of rotatable bonds is 7. The number of hydrogen-bond acceptors (Lipinski definition) is 6. The summed E-state index contributed by atoms with van der Waals surface area (Å²) in [4.78, 5) is 26.1. The van der Waals surface area contributed by atoms with E-state index in [2.05, 4.69) is 0 Å². The smallest absolute Gasteiger partial charge is 0.336 e. The summed E-state index contributed by atoms with van der Waals surface area (Å²) >= 11 is 0. The largest absolute Gasteiger partial charge is 0.484 e. The number of amides is 1. The molecule has 2 heterocycles. The van der Waals surface area contributed by atoms with Crippen molar-refractivity contribution < 1.29 is 22.4 Å². The Morgan fingerprint density at radius 2 is 2.07 bits per heavy atom. The van der Waals surface area contributed by atoms with Crippen molar-refractivity contribution in [2.75, 3.05) is 24.7 Å². The second-order valence-corrected chi connectivity index (χ2v) is 10.1. The van der Waals surface area contributed by atoms with Crippen molar-refractivity contribution in [3.8, 4) is 5.75 Å². The average Bonchev–Trinajstić information content (AvgIpc) is 3.02. The zero-order valence-electron chi connectivity index (χ0n) is 17.0. The van der Waals surface area contributed by atoms with Crippen LogP contribution in [0.1, 0.15) is 32.8 Å². The van der Waals surface area contributed by atoms with Crippen LogP contribution in [0, 0.1) is 5.92 Å². The van der Waals surface area contributed by atoms with E-state index in [4.69, 9.17) is 9.15 Å². The van der Waals surface area contributed by atoms with Gasteiger partial charge in [0.1, 0.15) is 11.3 Å². The van der Waals surface area contributed by atoms with E-state index in [9.17, 15) is 18.0 Å². The van der Waals surface area contributed by atoms with Crippen LogP contribution in [0.5, 0.6) is 5.75 Å². The summed E-state index contributed by atoms with van der Waals surface area (Å²) in [5.41, 5.74) is 0.887. The van der Waals surface area contributed by atoms with Crippen LogP contribution in [-0.2, 0) is 21.1 Å². The minimum atomic E-state index is -3.09. The van der Waals surface area contributed by atoms with E-state index in [1.165, 1.54) is 6.07 Å². The van der Waals surface area contributed by atoms with E-state index in [1.54, 1.807) is 17.0 Å². The van der Waals surface area contributed by atoms with Gasteiger partial charge in [0.15, 0.2) is 16.4 Å². The van der Waals surface area contributed by atoms with Crippen LogP contribution in [0.3, 0.4) is 0 Å². The van der Waals surface area contributed by atoms with E-state index in [0.29, 0.717) is 30.7 Å². The number of nitrogens with zero attached hydrogens (tertiary/aromatic N) is 1. The molecule has 1 aromatic heterocycles. The Morgan fingerprint density at radius 1 is 1.31 bits per heavy atom. The molecular formula is C21H27NO6S. The number of fused-ring (bicyclic) bond motifs is 1. The highest BCUT2D eigenvalue weighted by atomic mass is 32.2. The highest BCUT2D eigenvalue weighted by molar-refractivity contribution is 7.91. The molecule has 0 bridgehead atoms. The van der Waals surface area contributed by atoms with Crippen LogP contribution < -0.4 is 10.4 Å². The molecule has 1 fully saturated rings. The molecule has 0 N–H and O–H groups in total. The van der Waals surface area contributed by atoms with Crippen LogP contribution >= 0.6 is 0 Å². The fourth-order valence-corrected chi connectivity index (χ4v) is 5.42. The van der Waals surface area contributed by atoms with Crippen molar-refractivity contribution in [1.82, 2.24) is 4.90 Å². The van der Waals surface area contributed by atoms with E-state index in [1.807, 2.05) is 26.8 Å². The molecule has 8 heteroatoms. The van der Waals surface area contributed by atoms with Gasteiger partial charge in [0, 0.05) is 30.1 Å². The summed E-state index contributed by atoms with van der Waals surface area (Å²) < 4.78 is 34.6. The number of hydrogen-bond donors (Lipinski definition) is 0. The lowest BCUT2D eigenvalue weighted by Gasteiger charge is -2.29. The summed E-state index contributed by atoms with van der Waals surface area (Å²) in [5.74, 6) is 0.510. The zero-order valence-corrected chi connectivity index (χ0v) is 17.8. The topological polar surface area (TPSA) is 93.9 Å². The third-order valence-corrected chi connectivity index (χ3v) is 6.83. The predicted molar refractivity (Wildman–Crippen MR) is 111 cm³/mol. The number of aryl methyl sites for hydroxylation is 1. The Bertz CT molecular complexity index is 1060. The minimum Gasteiger partial charge on any atom is -0.484 e. The normalized spacial score (nSPS) is 18.3. The van der Waals surface area contributed by atoms with Gasteiger partial charge in [-0.05, 0) is 36.5 Å². The molecule has 0 radical (unpaired) electrons. The van der Waals surface area contributed by atoms with Crippen molar-refractivity contribution in [3.05, 3.63) is 40.2 Å². The molecule has 7 nitrogen and oxygen atoms in total. The van der Waals surface area contributed by atoms with Crippen molar-refractivity contribution in [2.45, 2.75) is 39.7 Å². The summed E-state index contributed by atoms with van der Waals surface area (Å²) in [6, 6.07) is 6.33. The monoisotopic (exact) mass is 421 g/mol. The Morgan fingerprint density at radius 3 is 2.69 bits per heavy atom. The second kappa shape index (κ2) is 8.57. The molecule has 0 unspecified atom stereocenters. The van der Waals surface area contributed by atoms with Crippen molar-refractivity contribution in [3.63, 3.8) is 0 Å². The van der Waals surface area contributed by atoms with Gasteiger partial charge in [-0.1, -0.05) is 20.8 Å². The molecule has 0 saturated carbocycles. The van der Waals surface area contributed by atoms with Crippen molar-refractivity contribution in [1.29, 1.82) is 0 Å². The lowest BCUT2D eigenvalue weighted by Crippen LogP contribution is -2.45. The molecule has 158 valence electrons. The van der Waals surface area contributed by atoms with Gasteiger partial charge < -0.3 is 14.1 Å². The molecule has 1 saturated heterocycles. The van der Waals surface area contributed by atoms with Gasteiger partial charge in [-0.25, -0.2) is 13.2 Å². The summed E-state index contributed by atoms with van der Waals surface area (Å²) in [5, 5.41) is 0.836. The predicted octanol–water partition coefficient (Wildman–Crippen LogP) is 2.41. The molecule has 1 aliphatic heterocycles. The fourth-order valence-electron chi connectivity index (χ4n) is 3.69. The van der Waals surface area contributed by atoms with Crippen LogP contribution in [0.15, 0.2) is 33.5 Å². The van der Waals surface area contributed by atoms with Gasteiger partial charge in [0.25, 0.3) is 5.91 Å². The van der Waals surface area contributed by atoms with Crippen LogP contribution in [0.2, 0.25) is 0 Å². The number of benzene rings is 1. The fraction of sp³-hybridized carbons (Fsp3) is 0.524. The van der Waals surface area contributed by atoms with E-state index in [-0.39, 0.29) is 36.0 Å². The van der Waals surface area contributed by atoms with Gasteiger partial charge in [-0.3, -0.25) is 4.79 Å². The van der Waals surface area contributed by atoms with Crippen LogP contribution in [0.4, 0.5) is 0 Å².